The Balaban J connectivity index is 2.04. The molecule has 1 aromatic heterocycles. The van der Waals surface area contributed by atoms with Crippen molar-refractivity contribution in [1.82, 2.24) is 14.8 Å². The third-order valence-corrected chi connectivity index (χ3v) is 3.14. The van der Waals surface area contributed by atoms with E-state index in [1.807, 2.05) is 4.90 Å². The summed E-state index contributed by atoms with van der Waals surface area (Å²) in [5.41, 5.74) is 0.579. The minimum atomic E-state index is 0.0289. The fraction of sp³-hybridized carbons (Fsp3) is 0.462. The molecule has 2 amide bonds. The molecule has 0 atom stereocenters. The maximum Gasteiger partial charge on any atom is 0.319 e. The molecule has 100 valence electrons. The maximum atomic E-state index is 11.8. The van der Waals surface area contributed by atoms with Crippen LogP contribution in [0, 0.1) is 11.3 Å². The fourth-order valence-corrected chi connectivity index (χ4v) is 2.13. The summed E-state index contributed by atoms with van der Waals surface area (Å²) in [6.45, 7) is 2.70. The van der Waals surface area contributed by atoms with Gasteiger partial charge in [-0.05, 0) is 12.1 Å². The number of piperazine rings is 1. The molecule has 0 saturated carbocycles. The molecule has 1 saturated heterocycles. The first-order valence-electron chi connectivity index (χ1n) is 6.20. The van der Waals surface area contributed by atoms with Gasteiger partial charge in [0.1, 0.15) is 11.9 Å². The number of rotatable bonds is 1. The lowest BCUT2D eigenvalue weighted by molar-refractivity contribution is 0.168. The number of nitriles is 1. The predicted molar refractivity (Wildman–Crippen MR) is 71.8 cm³/mol. The first kappa shape index (κ1) is 13.1. The predicted octanol–water partition coefficient (Wildman–Crippen LogP) is 0.757. The highest BCUT2D eigenvalue weighted by atomic mass is 16.2. The monoisotopic (exact) mass is 259 g/mol. The van der Waals surface area contributed by atoms with E-state index in [4.69, 9.17) is 5.26 Å². The number of hydrogen-bond donors (Lipinski definition) is 0. The van der Waals surface area contributed by atoms with Gasteiger partial charge in [-0.1, -0.05) is 0 Å². The van der Waals surface area contributed by atoms with E-state index in [0.717, 1.165) is 0 Å². The second kappa shape index (κ2) is 5.57. The molecule has 0 unspecified atom stereocenters. The number of aromatic nitrogens is 1. The van der Waals surface area contributed by atoms with Gasteiger partial charge >= 0.3 is 6.03 Å². The van der Waals surface area contributed by atoms with Gasteiger partial charge < -0.3 is 14.7 Å². The van der Waals surface area contributed by atoms with E-state index in [9.17, 15) is 4.79 Å². The molecular weight excluding hydrogens is 242 g/mol. The fourth-order valence-electron chi connectivity index (χ4n) is 2.13. The SMILES string of the molecule is CN(C)C(=O)N1CCN(c2ncccc2C#N)CC1. The van der Waals surface area contributed by atoms with Gasteiger partial charge in [0, 0.05) is 46.5 Å². The number of nitrogens with zero attached hydrogens (tertiary/aromatic N) is 5. The third kappa shape index (κ3) is 2.76. The minimum Gasteiger partial charge on any atom is -0.352 e. The molecule has 19 heavy (non-hydrogen) atoms. The summed E-state index contributed by atoms with van der Waals surface area (Å²) in [5.74, 6) is 0.710. The average Bonchev–Trinajstić information content (AvgIpc) is 2.46. The Bertz CT molecular complexity index is 500. The van der Waals surface area contributed by atoms with Crippen molar-refractivity contribution in [2.45, 2.75) is 0 Å². The van der Waals surface area contributed by atoms with Gasteiger partial charge in [-0.25, -0.2) is 9.78 Å². The van der Waals surface area contributed by atoms with Crippen LogP contribution in [0.15, 0.2) is 18.3 Å². The zero-order chi connectivity index (χ0) is 13.8. The van der Waals surface area contributed by atoms with Crippen molar-refractivity contribution in [2.24, 2.45) is 0 Å². The van der Waals surface area contributed by atoms with Crippen molar-refractivity contribution in [1.29, 1.82) is 5.26 Å². The van der Waals surface area contributed by atoms with Crippen molar-refractivity contribution in [3.63, 3.8) is 0 Å². The summed E-state index contributed by atoms with van der Waals surface area (Å²) in [7, 11) is 3.50. The summed E-state index contributed by atoms with van der Waals surface area (Å²) in [6.07, 6.45) is 1.69. The second-order valence-electron chi connectivity index (χ2n) is 4.64. The zero-order valence-electron chi connectivity index (χ0n) is 11.2. The largest absolute Gasteiger partial charge is 0.352 e. The van der Waals surface area contributed by atoms with E-state index < -0.39 is 0 Å². The average molecular weight is 259 g/mol. The summed E-state index contributed by atoms with van der Waals surface area (Å²) in [6, 6.07) is 5.70. The summed E-state index contributed by atoms with van der Waals surface area (Å²) in [5, 5.41) is 9.07. The molecule has 0 spiro atoms. The highest BCUT2D eigenvalue weighted by molar-refractivity contribution is 5.74. The Morgan fingerprint density at radius 3 is 2.63 bits per heavy atom. The standard InChI is InChI=1S/C13H17N5O/c1-16(2)13(19)18-8-6-17(7-9-18)12-11(10-14)4-3-5-15-12/h3-5H,6-9H2,1-2H3. The summed E-state index contributed by atoms with van der Waals surface area (Å²) < 4.78 is 0. The number of carbonyl (C=O) groups excluding carboxylic acids is 1. The van der Waals surface area contributed by atoms with E-state index >= 15 is 0 Å². The van der Waals surface area contributed by atoms with E-state index in [1.54, 1.807) is 37.3 Å². The highest BCUT2D eigenvalue weighted by Crippen LogP contribution is 2.18. The first-order valence-corrected chi connectivity index (χ1v) is 6.20. The van der Waals surface area contributed by atoms with Crippen LogP contribution in [0.3, 0.4) is 0 Å². The van der Waals surface area contributed by atoms with Crippen LogP contribution in [0.5, 0.6) is 0 Å². The topological polar surface area (TPSA) is 63.5 Å². The molecule has 0 N–H and O–H groups in total. The van der Waals surface area contributed by atoms with Crippen LogP contribution in [0.2, 0.25) is 0 Å². The third-order valence-electron chi connectivity index (χ3n) is 3.14. The smallest absolute Gasteiger partial charge is 0.319 e. The van der Waals surface area contributed by atoms with E-state index in [-0.39, 0.29) is 6.03 Å². The van der Waals surface area contributed by atoms with Crippen LogP contribution in [0.4, 0.5) is 10.6 Å². The Morgan fingerprint density at radius 2 is 2.05 bits per heavy atom. The Hall–Kier alpha value is -2.29. The first-order chi connectivity index (χ1) is 9.13. The molecule has 6 heteroatoms. The van der Waals surface area contributed by atoms with Gasteiger partial charge in [0.2, 0.25) is 0 Å². The van der Waals surface area contributed by atoms with Gasteiger partial charge in [-0.2, -0.15) is 5.26 Å². The van der Waals surface area contributed by atoms with Gasteiger partial charge in [-0.15, -0.1) is 0 Å². The number of amides is 2. The van der Waals surface area contributed by atoms with Crippen LogP contribution in [-0.4, -0.2) is 61.1 Å². The van der Waals surface area contributed by atoms with E-state index in [2.05, 4.69) is 16.0 Å². The number of carbonyl (C=O) groups is 1. The molecule has 2 rings (SSSR count). The molecule has 1 aliphatic heterocycles. The van der Waals surface area contributed by atoms with Gasteiger partial charge in [0.25, 0.3) is 0 Å². The Kier molecular flexibility index (Phi) is 3.85. The number of pyridine rings is 1. The van der Waals surface area contributed by atoms with Gasteiger partial charge in [0.05, 0.1) is 5.56 Å². The van der Waals surface area contributed by atoms with Crippen LogP contribution in [0.1, 0.15) is 5.56 Å². The number of anilines is 1. The van der Waals surface area contributed by atoms with Crippen molar-refractivity contribution in [3.8, 4) is 6.07 Å². The summed E-state index contributed by atoms with van der Waals surface area (Å²) >= 11 is 0. The van der Waals surface area contributed by atoms with E-state index in [0.29, 0.717) is 37.6 Å². The molecule has 1 aromatic rings. The molecular formula is C13H17N5O. The van der Waals surface area contributed by atoms with Crippen molar-refractivity contribution < 1.29 is 4.79 Å². The lowest BCUT2D eigenvalue weighted by Gasteiger charge is -2.36. The van der Waals surface area contributed by atoms with Crippen LogP contribution >= 0.6 is 0 Å². The molecule has 0 radical (unpaired) electrons. The minimum absolute atomic E-state index is 0.0289. The zero-order valence-corrected chi connectivity index (χ0v) is 11.2. The van der Waals surface area contributed by atoms with Gasteiger partial charge in [0.15, 0.2) is 0 Å². The summed E-state index contributed by atoms with van der Waals surface area (Å²) in [4.78, 5) is 21.5. The Labute approximate surface area is 112 Å². The number of urea groups is 1. The lowest BCUT2D eigenvalue weighted by Crippen LogP contribution is -2.51. The van der Waals surface area contributed by atoms with E-state index in [1.165, 1.54) is 0 Å². The van der Waals surface area contributed by atoms with Crippen LogP contribution < -0.4 is 4.90 Å². The molecule has 1 aliphatic rings. The van der Waals surface area contributed by atoms with Crippen molar-refractivity contribution in [2.75, 3.05) is 45.2 Å². The van der Waals surface area contributed by atoms with Crippen molar-refractivity contribution in [3.05, 3.63) is 23.9 Å². The molecule has 0 aromatic carbocycles. The van der Waals surface area contributed by atoms with Crippen LogP contribution in [-0.2, 0) is 0 Å². The lowest BCUT2D eigenvalue weighted by atomic mass is 10.2. The van der Waals surface area contributed by atoms with Gasteiger partial charge in [-0.3, -0.25) is 0 Å². The molecule has 1 fully saturated rings. The quantitative estimate of drug-likeness (QED) is 0.747. The second-order valence-corrected chi connectivity index (χ2v) is 4.64. The van der Waals surface area contributed by atoms with Crippen molar-refractivity contribution >= 4 is 11.8 Å². The molecule has 0 aliphatic carbocycles. The molecule has 0 bridgehead atoms. The normalized spacial score (nSPS) is 15.0. The Morgan fingerprint density at radius 1 is 1.37 bits per heavy atom. The number of hydrogen-bond acceptors (Lipinski definition) is 4. The van der Waals surface area contributed by atoms with Crippen LogP contribution in [0.25, 0.3) is 0 Å². The highest BCUT2D eigenvalue weighted by Gasteiger charge is 2.23. The molecule has 2 heterocycles. The maximum absolute atomic E-state index is 11.8. The molecule has 6 nitrogen and oxygen atoms in total.